The number of aliphatic hydroxyl groups excluding tert-OH is 2. The van der Waals surface area contributed by atoms with Crippen LogP contribution < -0.4 is 9.47 Å². The summed E-state index contributed by atoms with van der Waals surface area (Å²) in [5, 5.41) is 37.0. The van der Waals surface area contributed by atoms with Crippen molar-refractivity contribution in [2.24, 2.45) is 0 Å². The van der Waals surface area contributed by atoms with Crippen LogP contribution in [-0.4, -0.2) is 45.8 Å². The van der Waals surface area contributed by atoms with E-state index in [-0.39, 0.29) is 36.0 Å². The van der Waals surface area contributed by atoms with Crippen LogP contribution in [0.25, 0.3) is 0 Å². The van der Waals surface area contributed by atoms with Gasteiger partial charge in [0.05, 0.1) is 12.2 Å². The molecule has 6 nitrogen and oxygen atoms in total. The van der Waals surface area contributed by atoms with Gasteiger partial charge in [-0.25, -0.2) is 0 Å². The molecule has 0 aliphatic heterocycles. The third-order valence-electron chi connectivity index (χ3n) is 6.92. The molecule has 4 rings (SSSR count). The third kappa shape index (κ3) is 9.55. The average molecular weight is 559 g/mol. The second-order valence-corrected chi connectivity index (χ2v) is 10.9. The van der Waals surface area contributed by atoms with Gasteiger partial charge in [0.15, 0.2) is 0 Å². The Kier molecular flexibility index (Phi) is 11.2. The monoisotopic (exact) mass is 558 g/mol. The number of benzene rings is 4. The van der Waals surface area contributed by atoms with Crippen molar-refractivity contribution in [1.82, 2.24) is 0 Å². The minimum absolute atomic E-state index is 0.161. The summed E-state index contributed by atoms with van der Waals surface area (Å²) in [5.74, 6) is 2.31. The lowest BCUT2D eigenvalue weighted by Crippen LogP contribution is -2.19. The van der Waals surface area contributed by atoms with E-state index in [1.165, 1.54) is 11.1 Å². The lowest BCUT2D eigenvalue weighted by Gasteiger charge is -2.26. The molecule has 4 aromatic rings. The Morgan fingerprint density at radius 2 is 0.854 bits per heavy atom. The maximum Gasteiger partial charge on any atom is 0.119 e. The molecular weight excluding hydrogens is 516 g/mol. The van der Waals surface area contributed by atoms with Gasteiger partial charge in [-0.2, -0.15) is 0 Å². The van der Waals surface area contributed by atoms with Gasteiger partial charge in [0, 0.05) is 11.3 Å². The van der Waals surface area contributed by atoms with Gasteiger partial charge in [-0.05, 0) is 84.6 Å². The highest BCUT2D eigenvalue weighted by molar-refractivity contribution is 5.42. The van der Waals surface area contributed by atoms with Crippen LogP contribution in [-0.2, 0) is 5.41 Å². The third-order valence-corrected chi connectivity index (χ3v) is 6.92. The molecule has 41 heavy (non-hydrogen) atoms. The Bertz CT molecular complexity index is 1210. The Balaban J connectivity index is 0.000000248. The fourth-order valence-corrected chi connectivity index (χ4v) is 4.25. The number of ether oxygens (including phenoxy) is 2. The number of aromatic hydroxyl groups is 2. The normalized spacial score (nSPS) is 12.7. The summed E-state index contributed by atoms with van der Waals surface area (Å²) in [6.07, 6.45) is -0.962. The van der Waals surface area contributed by atoms with E-state index in [4.69, 9.17) is 9.47 Å². The van der Waals surface area contributed by atoms with Crippen molar-refractivity contribution in [1.29, 1.82) is 0 Å². The first-order valence-corrected chi connectivity index (χ1v) is 13.9. The summed E-state index contributed by atoms with van der Waals surface area (Å²) < 4.78 is 11.0. The molecule has 0 amide bonds. The van der Waals surface area contributed by atoms with Crippen molar-refractivity contribution in [3.63, 3.8) is 0 Å². The van der Waals surface area contributed by atoms with Crippen molar-refractivity contribution in [2.45, 2.75) is 58.2 Å². The summed E-state index contributed by atoms with van der Waals surface area (Å²) in [6.45, 7) is 10.4. The minimum Gasteiger partial charge on any atom is -0.508 e. The molecule has 4 aromatic carbocycles. The van der Waals surface area contributed by atoms with E-state index in [0.717, 1.165) is 22.6 Å². The quantitative estimate of drug-likeness (QED) is 0.171. The zero-order valence-electron chi connectivity index (χ0n) is 24.5. The van der Waals surface area contributed by atoms with Crippen molar-refractivity contribution in [3.05, 3.63) is 119 Å². The second-order valence-electron chi connectivity index (χ2n) is 10.9. The van der Waals surface area contributed by atoms with E-state index in [1.807, 2.05) is 48.5 Å². The van der Waals surface area contributed by atoms with Gasteiger partial charge < -0.3 is 29.9 Å². The number of hydrogen-bond acceptors (Lipinski definition) is 6. The molecule has 0 aromatic heterocycles. The van der Waals surface area contributed by atoms with Gasteiger partial charge in [-0.1, -0.05) is 69.3 Å². The molecule has 0 spiro atoms. The average Bonchev–Trinajstić information content (AvgIpc) is 2.96. The van der Waals surface area contributed by atoms with Crippen LogP contribution in [0, 0.1) is 0 Å². The molecule has 2 atom stereocenters. The lowest BCUT2D eigenvalue weighted by molar-refractivity contribution is 0.122. The number of phenolic OH excluding ortho intramolecular Hbond substituents is 2. The predicted octanol–water partition coefficient (Wildman–Crippen LogP) is 6.78. The highest BCUT2D eigenvalue weighted by Crippen LogP contribution is 2.33. The highest BCUT2D eigenvalue weighted by atomic mass is 16.5. The first-order valence-electron chi connectivity index (χ1n) is 13.9. The molecule has 0 saturated heterocycles. The van der Waals surface area contributed by atoms with E-state index in [1.54, 1.807) is 38.1 Å². The summed E-state index contributed by atoms with van der Waals surface area (Å²) in [6, 6.07) is 30.3. The molecule has 0 aliphatic rings. The van der Waals surface area contributed by atoms with Crippen molar-refractivity contribution in [3.8, 4) is 23.0 Å². The molecule has 2 unspecified atom stereocenters. The Morgan fingerprint density at radius 1 is 0.537 bits per heavy atom. The van der Waals surface area contributed by atoms with E-state index >= 15 is 0 Å². The van der Waals surface area contributed by atoms with Gasteiger partial charge in [0.1, 0.15) is 36.2 Å². The van der Waals surface area contributed by atoms with Gasteiger partial charge in [0.25, 0.3) is 0 Å². The van der Waals surface area contributed by atoms with Crippen molar-refractivity contribution in [2.75, 3.05) is 13.2 Å². The van der Waals surface area contributed by atoms with Crippen LogP contribution in [0.3, 0.4) is 0 Å². The van der Waals surface area contributed by atoms with Gasteiger partial charge in [-0.15, -0.1) is 0 Å². The Hall–Kier alpha value is -4.00. The summed E-state index contributed by atoms with van der Waals surface area (Å²) in [4.78, 5) is 0. The molecule has 4 N–H and O–H groups in total. The minimum atomic E-state index is -0.481. The molecule has 0 radical (unpaired) electrons. The van der Waals surface area contributed by atoms with Gasteiger partial charge in [0.2, 0.25) is 0 Å². The highest BCUT2D eigenvalue weighted by Gasteiger charge is 2.23. The zero-order valence-corrected chi connectivity index (χ0v) is 24.5. The molecule has 0 fully saturated rings. The van der Waals surface area contributed by atoms with Crippen LogP contribution in [0.1, 0.15) is 62.8 Å². The van der Waals surface area contributed by atoms with Crippen LogP contribution in [0.2, 0.25) is 0 Å². The number of rotatable bonds is 10. The van der Waals surface area contributed by atoms with Gasteiger partial charge >= 0.3 is 0 Å². The smallest absolute Gasteiger partial charge is 0.119 e. The first-order chi connectivity index (χ1) is 19.5. The maximum absolute atomic E-state index is 9.29. The summed E-state index contributed by atoms with van der Waals surface area (Å²) >= 11 is 0. The van der Waals surface area contributed by atoms with Crippen molar-refractivity contribution < 1.29 is 29.9 Å². The fourth-order valence-electron chi connectivity index (χ4n) is 4.25. The molecule has 6 heteroatoms. The van der Waals surface area contributed by atoms with E-state index < -0.39 is 12.2 Å². The number of phenols is 2. The second kappa shape index (κ2) is 14.6. The number of hydrogen-bond donors (Lipinski definition) is 4. The maximum atomic E-state index is 9.29. The molecule has 0 saturated carbocycles. The lowest BCUT2D eigenvalue weighted by atomic mass is 9.78. The Morgan fingerprint density at radius 3 is 1.15 bits per heavy atom. The predicted molar refractivity (Wildman–Crippen MR) is 163 cm³/mol. The van der Waals surface area contributed by atoms with E-state index in [9.17, 15) is 20.4 Å². The fraction of sp³-hybridized carbons (Fsp3) is 0.314. The van der Waals surface area contributed by atoms with Crippen LogP contribution in [0.5, 0.6) is 23.0 Å². The van der Waals surface area contributed by atoms with Crippen LogP contribution in [0.4, 0.5) is 0 Å². The molecular formula is C35H42O6. The molecule has 0 heterocycles. The molecule has 0 bridgehead atoms. The first kappa shape index (κ1) is 31.5. The number of aliphatic hydroxyl groups is 2. The van der Waals surface area contributed by atoms with Crippen LogP contribution >= 0.6 is 0 Å². The van der Waals surface area contributed by atoms with E-state index in [0.29, 0.717) is 0 Å². The van der Waals surface area contributed by atoms with Crippen molar-refractivity contribution >= 4 is 0 Å². The Labute approximate surface area is 243 Å². The summed E-state index contributed by atoms with van der Waals surface area (Å²) in [5.41, 5.74) is 4.47. The van der Waals surface area contributed by atoms with Crippen LogP contribution in [0.15, 0.2) is 97.1 Å². The van der Waals surface area contributed by atoms with E-state index in [2.05, 4.69) is 45.0 Å². The largest absolute Gasteiger partial charge is 0.508 e. The topological polar surface area (TPSA) is 99.4 Å². The van der Waals surface area contributed by atoms with Gasteiger partial charge in [-0.3, -0.25) is 0 Å². The molecule has 218 valence electrons. The standard InChI is InChI=1S/C21H28O4.C14H14O2/c1-15(22)13-24-19-9-5-17(6-10-19)21(3,4)18-7-11-20(12-8-18)25-14-16(2)23;1-10(11-2-6-13(15)7-3-11)12-4-8-14(16)9-5-12/h5-12,15-16,22-23H,13-14H2,1-4H3;2-10,15-16H,1H3. The SMILES string of the molecule is CC(O)COc1ccc(C(C)(C)c2ccc(OCC(C)O)cc2)cc1.CC(c1ccc(O)cc1)c1ccc(O)cc1. The summed E-state index contributed by atoms with van der Waals surface area (Å²) in [7, 11) is 0. The molecule has 0 aliphatic carbocycles. The zero-order chi connectivity index (χ0) is 30.0.